The van der Waals surface area contributed by atoms with Crippen LogP contribution in [0.15, 0.2) is 18.2 Å². The molecule has 1 aromatic rings. The number of halogens is 2. The minimum atomic E-state index is -0.587. The second kappa shape index (κ2) is 9.08. The van der Waals surface area contributed by atoms with E-state index in [0.717, 1.165) is 31.9 Å². The van der Waals surface area contributed by atoms with E-state index in [4.69, 9.17) is 16.3 Å². The van der Waals surface area contributed by atoms with Crippen molar-refractivity contribution >= 4 is 23.4 Å². The molecule has 2 aliphatic carbocycles. The number of benzene rings is 1. The summed E-state index contributed by atoms with van der Waals surface area (Å²) in [7, 11) is 2.00. The normalized spacial score (nSPS) is 30.4. The third kappa shape index (κ3) is 4.71. The van der Waals surface area contributed by atoms with Gasteiger partial charge in [0.15, 0.2) is 6.61 Å². The molecular formula is C21H28ClFN4O3. The Bertz CT molecular complexity index is 810. The van der Waals surface area contributed by atoms with Crippen molar-refractivity contribution in [2.75, 3.05) is 26.7 Å². The maximum absolute atomic E-state index is 13.5. The number of carbonyl (C=O) groups is 2. The highest BCUT2D eigenvalue weighted by molar-refractivity contribution is 6.30. The van der Waals surface area contributed by atoms with Crippen LogP contribution in [-0.2, 0) is 9.59 Å². The van der Waals surface area contributed by atoms with E-state index >= 15 is 0 Å². The Kier molecular flexibility index (Phi) is 6.46. The van der Waals surface area contributed by atoms with Crippen molar-refractivity contribution in [3.05, 3.63) is 29.0 Å². The van der Waals surface area contributed by atoms with Crippen LogP contribution in [0.5, 0.6) is 5.75 Å². The van der Waals surface area contributed by atoms with Crippen molar-refractivity contribution in [2.45, 2.75) is 37.8 Å². The summed E-state index contributed by atoms with van der Waals surface area (Å²) in [6.07, 6.45) is 3.72. The predicted molar refractivity (Wildman–Crippen MR) is 110 cm³/mol. The summed E-state index contributed by atoms with van der Waals surface area (Å²) in [4.78, 5) is 25.1. The zero-order valence-corrected chi connectivity index (χ0v) is 17.8. The zero-order chi connectivity index (χ0) is 21.3. The number of carbonyl (C=O) groups excluding carboxylic acids is 2. The third-order valence-corrected chi connectivity index (χ3v) is 6.91. The molecule has 0 aromatic heterocycles. The largest absolute Gasteiger partial charge is 0.484 e. The first-order chi connectivity index (χ1) is 14.4. The summed E-state index contributed by atoms with van der Waals surface area (Å²) in [6.45, 7) is 1.40. The van der Waals surface area contributed by atoms with Gasteiger partial charge in [-0.2, -0.15) is 0 Å². The summed E-state index contributed by atoms with van der Waals surface area (Å²) in [5.41, 5.74) is 3.32. The second-order valence-corrected chi connectivity index (χ2v) is 8.97. The van der Waals surface area contributed by atoms with E-state index in [1.165, 1.54) is 12.1 Å². The van der Waals surface area contributed by atoms with Gasteiger partial charge < -0.3 is 15.4 Å². The Morgan fingerprint density at radius 2 is 2.10 bits per heavy atom. The molecule has 164 valence electrons. The quantitative estimate of drug-likeness (QED) is 0.603. The molecule has 1 aliphatic heterocycles. The van der Waals surface area contributed by atoms with Crippen molar-refractivity contribution in [1.29, 1.82) is 0 Å². The number of amides is 2. The van der Waals surface area contributed by atoms with Gasteiger partial charge in [0, 0.05) is 44.2 Å². The third-order valence-electron chi connectivity index (χ3n) is 6.61. The van der Waals surface area contributed by atoms with Crippen LogP contribution in [-0.4, -0.2) is 55.7 Å². The van der Waals surface area contributed by atoms with E-state index in [1.807, 2.05) is 12.1 Å². The number of hydrogen-bond donors (Lipinski definition) is 3. The highest BCUT2D eigenvalue weighted by Crippen LogP contribution is 2.50. The molecule has 4 rings (SSSR count). The lowest BCUT2D eigenvalue weighted by atomic mass is 9.71. The van der Waals surface area contributed by atoms with Gasteiger partial charge in [-0.15, -0.1) is 0 Å². The van der Waals surface area contributed by atoms with Gasteiger partial charge in [0.1, 0.15) is 11.6 Å². The Morgan fingerprint density at radius 3 is 2.77 bits per heavy atom. The van der Waals surface area contributed by atoms with Crippen molar-refractivity contribution < 1.29 is 18.7 Å². The number of fused-ring (bicyclic) bond motifs is 1. The van der Waals surface area contributed by atoms with Gasteiger partial charge in [-0.1, -0.05) is 11.6 Å². The molecule has 0 spiro atoms. The van der Waals surface area contributed by atoms with Crippen LogP contribution in [0.4, 0.5) is 4.39 Å². The Hall–Kier alpha value is -1.90. The Labute approximate surface area is 180 Å². The molecule has 9 heteroatoms. The average molecular weight is 439 g/mol. The molecule has 7 nitrogen and oxygen atoms in total. The van der Waals surface area contributed by atoms with Gasteiger partial charge in [0.05, 0.1) is 5.02 Å². The number of hydrazine groups is 1. The van der Waals surface area contributed by atoms with Crippen molar-refractivity contribution in [3.8, 4) is 5.75 Å². The van der Waals surface area contributed by atoms with Crippen LogP contribution >= 0.6 is 11.6 Å². The lowest BCUT2D eigenvalue weighted by Gasteiger charge is -2.36. The Balaban J connectivity index is 1.24. The number of rotatable bonds is 7. The lowest BCUT2D eigenvalue weighted by molar-refractivity contribution is -0.127. The average Bonchev–Trinajstić information content (AvgIpc) is 3.20. The number of hydrogen-bond acceptors (Lipinski definition) is 5. The molecule has 1 aromatic carbocycles. The SMILES string of the molecule is CN1CCC(CNC(=O)C2C[C@H](NC(=O)COc3ccc(Cl)c(F)c3)C3CCC23)N1. The molecule has 0 radical (unpaired) electrons. The van der Waals surface area contributed by atoms with E-state index in [-0.39, 0.29) is 47.2 Å². The monoisotopic (exact) mass is 438 g/mol. The van der Waals surface area contributed by atoms with Crippen LogP contribution in [0, 0.1) is 23.6 Å². The fourth-order valence-electron chi connectivity index (χ4n) is 4.90. The summed E-state index contributed by atoms with van der Waals surface area (Å²) in [5.74, 6) is 0.110. The molecular weight excluding hydrogens is 411 g/mol. The van der Waals surface area contributed by atoms with Gasteiger partial charge in [0.2, 0.25) is 5.91 Å². The fourth-order valence-corrected chi connectivity index (χ4v) is 5.02. The van der Waals surface area contributed by atoms with Crippen LogP contribution in [0.2, 0.25) is 5.02 Å². The molecule has 3 aliphatic rings. The number of nitrogens with zero attached hydrogens (tertiary/aromatic N) is 1. The first kappa shape index (κ1) is 21.3. The van der Waals surface area contributed by atoms with E-state index in [9.17, 15) is 14.0 Å². The smallest absolute Gasteiger partial charge is 0.258 e. The molecule has 5 atom stereocenters. The standard InChI is InChI=1S/C21H28ClFN4O3/c1-27-7-6-12(26-27)10-24-21(29)16-9-19(15-4-3-14(15)16)25-20(28)11-30-13-2-5-17(22)18(23)8-13/h2,5,8,12,14-16,19,26H,3-4,6-7,9-11H2,1H3,(H,24,29)(H,25,28)/t12?,14?,15?,16?,19-/m0/s1. The van der Waals surface area contributed by atoms with Gasteiger partial charge in [0.25, 0.3) is 5.91 Å². The van der Waals surface area contributed by atoms with Crippen molar-refractivity contribution in [2.24, 2.45) is 17.8 Å². The molecule has 1 saturated heterocycles. The van der Waals surface area contributed by atoms with Crippen LogP contribution in [0.1, 0.15) is 25.7 Å². The van der Waals surface area contributed by atoms with E-state index in [1.54, 1.807) is 0 Å². The zero-order valence-electron chi connectivity index (χ0n) is 17.0. The van der Waals surface area contributed by atoms with E-state index < -0.39 is 5.82 Å². The van der Waals surface area contributed by atoms with E-state index in [0.29, 0.717) is 24.8 Å². The first-order valence-electron chi connectivity index (χ1n) is 10.5. The molecule has 2 amide bonds. The first-order valence-corrected chi connectivity index (χ1v) is 10.9. The van der Waals surface area contributed by atoms with Crippen molar-refractivity contribution in [3.63, 3.8) is 0 Å². The van der Waals surface area contributed by atoms with Gasteiger partial charge in [-0.3, -0.25) is 15.0 Å². The maximum Gasteiger partial charge on any atom is 0.258 e. The van der Waals surface area contributed by atoms with Crippen LogP contribution in [0.3, 0.4) is 0 Å². The number of nitrogens with one attached hydrogen (secondary N) is 3. The molecule has 0 bridgehead atoms. The molecule has 30 heavy (non-hydrogen) atoms. The highest BCUT2D eigenvalue weighted by atomic mass is 35.5. The molecule has 4 unspecified atom stereocenters. The maximum atomic E-state index is 13.5. The molecule has 3 N–H and O–H groups in total. The van der Waals surface area contributed by atoms with Gasteiger partial charge >= 0.3 is 0 Å². The van der Waals surface area contributed by atoms with E-state index in [2.05, 4.69) is 16.1 Å². The summed E-state index contributed by atoms with van der Waals surface area (Å²) >= 11 is 5.65. The fraction of sp³-hybridized carbons (Fsp3) is 0.619. The molecule has 2 saturated carbocycles. The van der Waals surface area contributed by atoms with Gasteiger partial charge in [-0.25, -0.2) is 9.40 Å². The summed E-state index contributed by atoms with van der Waals surface area (Å²) in [5, 5.41) is 8.15. The van der Waals surface area contributed by atoms with Crippen LogP contribution in [0.25, 0.3) is 0 Å². The van der Waals surface area contributed by atoms with Crippen molar-refractivity contribution in [1.82, 2.24) is 21.1 Å². The number of ether oxygens (including phenoxy) is 1. The minimum Gasteiger partial charge on any atom is -0.484 e. The summed E-state index contributed by atoms with van der Waals surface area (Å²) < 4.78 is 18.8. The summed E-state index contributed by atoms with van der Waals surface area (Å²) in [6, 6.07) is 4.33. The second-order valence-electron chi connectivity index (χ2n) is 8.57. The lowest BCUT2D eigenvalue weighted by Crippen LogP contribution is -2.44. The predicted octanol–water partition coefficient (Wildman–Crippen LogP) is 1.71. The highest BCUT2D eigenvalue weighted by Gasteiger charge is 2.51. The van der Waals surface area contributed by atoms with Crippen LogP contribution < -0.4 is 20.8 Å². The Morgan fingerprint density at radius 1 is 1.30 bits per heavy atom. The van der Waals surface area contributed by atoms with Gasteiger partial charge in [-0.05, 0) is 49.7 Å². The minimum absolute atomic E-state index is 0.00818. The molecule has 3 fully saturated rings. The molecule has 1 heterocycles. The topological polar surface area (TPSA) is 82.7 Å².